The molecular formula is C27H35NO3. The van der Waals surface area contributed by atoms with Crippen LogP contribution < -0.4 is 14.8 Å². The number of amides is 1. The van der Waals surface area contributed by atoms with Gasteiger partial charge in [-0.25, -0.2) is 0 Å². The maximum absolute atomic E-state index is 13.2. The maximum atomic E-state index is 13.2. The van der Waals surface area contributed by atoms with Crippen LogP contribution in [0.4, 0.5) is 0 Å². The van der Waals surface area contributed by atoms with E-state index in [-0.39, 0.29) is 17.6 Å². The molecule has 4 nitrogen and oxygen atoms in total. The molecular weight excluding hydrogens is 386 g/mol. The lowest BCUT2D eigenvalue weighted by Gasteiger charge is -2.44. The maximum Gasteiger partial charge on any atom is 0.261 e. The fourth-order valence-corrected chi connectivity index (χ4v) is 5.00. The molecule has 0 saturated heterocycles. The number of carbonyl (C=O) groups excluding carboxylic acids is 1. The minimum atomic E-state index is -0.573. The van der Waals surface area contributed by atoms with Crippen LogP contribution in [0, 0.1) is 6.92 Å². The first kappa shape index (κ1) is 21.7. The molecule has 1 fully saturated rings. The van der Waals surface area contributed by atoms with Crippen molar-refractivity contribution >= 4 is 5.91 Å². The number of para-hydroxylation sites is 1. The van der Waals surface area contributed by atoms with Gasteiger partial charge in [-0.2, -0.15) is 0 Å². The molecule has 0 radical (unpaired) electrons. The summed E-state index contributed by atoms with van der Waals surface area (Å²) in [7, 11) is 0. The summed E-state index contributed by atoms with van der Waals surface area (Å²) in [5.74, 6) is 1.97. The highest BCUT2D eigenvalue weighted by Gasteiger charge is 2.42. The van der Waals surface area contributed by atoms with Crippen LogP contribution in [0.25, 0.3) is 0 Å². The molecule has 1 amide bonds. The lowest BCUT2D eigenvalue weighted by Crippen LogP contribution is -2.48. The summed E-state index contributed by atoms with van der Waals surface area (Å²) in [5.41, 5.74) is 3.17. The Morgan fingerprint density at radius 1 is 1.10 bits per heavy atom. The third-order valence-electron chi connectivity index (χ3n) is 6.74. The van der Waals surface area contributed by atoms with E-state index in [0.29, 0.717) is 5.92 Å². The van der Waals surface area contributed by atoms with Gasteiger partial charge in [-0.3, -0.25) is 4.79 Å². The van der Waals surface area contributed by atoms with E-state index < -0.39 is 6.10 Å². The van der Waals surface area contributed by atoms with Crippen LogP contribution in [0.15, 0.2) is 42.5 Å². The SMILES string of the molecule is Cc1ccc(C(C)C)c(O[C@H](C)C(=O)N[C@@H]2CC3(CCCCC3)Oc3ccccc32)c1. The zero-order valence-corrected chi connectivity index (χ0v) is 19.2. The highest BCUT2D eigenvalue weighted by molar-refractivity contribution is 5.81. The number of hydrogen-bond acceptors (Lipinski definition) is 3. The number of nitrogens with one attached hydrogen (secondary N) is 1. The summed E-state index contributed by atoms with van der Waals surface area (Å²) in [6.45, 7) is 8.17. The number of hydrogen-bond donors (Lipinski definition) is 1. The first-order chi connectivity index (χ1) is 14.9. The molecule has 0 unspecified atom stereocenters. The van der Waals surface area contributed by atoms with Gasteiger partial charge in [-0.15, -0.1) is 0 Å². The van der Waals surface area contributed by atoms with E-state index in [2.05, 4.69) is 37.4 Å². The van der Waals surface area contributed by atoms with Crippen molar-refractivity contribution in [3.63, 3.8) is 0 Å². The van der Waals surface area contributed by atoms with Crippen LogP contribution in [0.5, 0.6) is 11.5 Å². The molecule has 0 bridgehead atoms. The van der Waals surface area contributed by atoms with Crippen molar-refractivity contribution in [2.24, 2.45) is 0 Å². The molecule has 166 valence electrons. The molecule has 2 aliphatic rings. The van der Waals surface area contributed by atoms with Crippen LogP contribution in [-0.4, -0.2) is 17.6 Å². The number of benzene rings is 2. The molecule has 2 aromatic rings. The van der Waals surface area contributed by atoms with Crippen molar-refractivity contribution in [3.05, 3.63) is 59.2 Å². The fraction of sp³-hybridized carbons (Fsp3) is 0.519. The van der Waals surface area contributed by atoms with Crippen LogP contribution in [0.3, 0.4) is 0 Å². The number of rotatable bonds is 5. The minimum Gasteiger partial charge on any atom is -0.487 e. The van der Waals surface area contributed by atoms with Gasteiger partial charge in [-0.1, -0.05) is 50.6 Å². The third kappa shape index (κ3) is 4.73. The van der Waals surface area contributed by atoms with Gasteiger partial charge in [0.2, 0.25) is 0 Å². The van der Waals surface area contributed by atoms with Crippen molar-refractivity contribution in [3.8, 4) is 11.5 Å². The van der Waals surface area contributed by atoms with E-state index in [0.717, 1.165) is 47.5 Å². The molecule has 2 atom stereocenters. The minimum absolute atomic E-state index is 0.0521. The molecule has 1 aliphatic carbocycles. The topological polar surface area (TPSA) is 47.6 Å². The molecule has 2 aromatic carbocycles. The Morgan fingerprint density at radius 2 is 1.84 bits per heavy atom. The normalized spacial score (nSPS) is 20.6. The average Bonchev–Trinajstić information content (AvgIpc) is 2.74. The Hall–Kier alpha value is -2.49. The summed E-state index contributed by atoms with van der Waals surface area (Å²) in [6.07, 6.45) is 6.01. The Balaban J connectivity index is 1.51. The summed E-state index contributed by atoms with van der Waals surface area (Å²) >= 11 is 0. The molecule has 1 saturated carbocycles. The molecule has 1 spiro atoms. The van der Waals surface area contributed by atoms with E-state index in [1.54, 1.807) is 0 Å². The third-order valence-corrected chi connectivity index (χ3v) is 6.74. The Kier molecular flexibility index (Phi) is 6.27. The van der Waals surface area contributed by atoms with Gasteiger partial charge in [0, 0.05) is 12.0 Å². The average molecular weight is 422 g/mol. The Bertz CT molecular complexity index is 930. The van der Waals surface area contributed by atoms with E-state index in [1.807, 2.05) is 38.1 Å². The highest BCUT2D eigenvalue weighted by atomic mass is 16.5. The van der Waals surface area contributed by atoms with Gasteiger partial charge in [0.05, 0.1) is 6.04 Å². The predicted molar refractivity (Wildman–Crippen MR) is 124 cm³/mol. The Labute approximate surface area is 186 Å². The first-order valence-electron chi connectivity index (χ1n) is 11.7. The summed E-state index contributed by atoms with van der Waals surface area (Å²) in [6, 6.07) is 14.3. The second-order valence-corrected chi connectivity index (χ2v) is 9.60. The lowest BCUT2D eigenvalue weighted by atomic mass is 9.77. The molecule has 4 rings (SSSR count). The van der Waals surface area contributed by atoms with Crippen LogP contribution in [-0.2, 0) is 4.79 Å². The molecule has 0 aromatic heterocycles. The van der Waals surface area contributed by atoms with Crippen molar-refractivity contribution in [2.45, 2.75) is 89.9 Å². The van der Waals surface area contributed by atoms with Crippen molar-refractivity contribution < 1.29 is 14.3 Å². The zero-order chi connectivity index (χ0) is 22.0. The van der Waals surface area contributed by atoms with Crippen LogP contribution in [0.2, 0.25) is 0 Å². The van der Waals surface area contributed by atoms with Gasteiger partial charge in [-0.05, 0) is 68.7 Å². The summed E-state index contributed by atoms with van der Waals surface area (Å²) in [4.78, 5) is 13.2. The van der Waals surface area contributed by atoms with Gasteiger partial charge in [0.25, 0.3) is 5.91 Å². The van der Waals surface area contributed by atoms with E-state index in [9.17, 15) is 4.79 Å². The van der Waals surface area contributed by atoms with Gasteiger partial charge in [0.1, 0.15) is 17.1 Å². The summed E-state index contributed by atoms with van der Waals surface area (Å²) in [5, 5.41) is 3.29. The van der Waals surface area contributed by atoms with Gasteiger partial charge in [0.15, 0.2) is 6.10 Å². The van der Waals surface area contributed by atoms with E-state index >= 15 is 0 Å². The molecule has 1 aliphatic heterocycles. The second kappa shape index (κ2) is 8.94. The number of carbonyl (C=O) groups is 1. The smallest absolute Gasteiger partial charge is 0.261 e. The standard InChI is InChI=1S/C27H35NO3/c1-18(2)21-13-12-19(3)16-25(21)30-20(4)26(29)28-23-17-27(14-8-5-9-15-27)31-24-11-7-6-10-22(23)24/h6-7,10-13,16,18,20,23H,5,8-9,14-15,17H2,1-4H3,(H,28,29)/t20-,23-/m1/s1. The van der Waals surface area contributed by atoms with Crippen molar-refractivity contribution in [1.29, 1.82) is 0 Å². The van der Waals surface area contributed by atoms with Crippen LogP contribution >= 0.6 is 0 Å². The number of aryl methyl sites for hydroxylation is 1. The molecule has 1 N–H and O–H groups in total. The van der Waals surface area contributed by atoms with Crippen molar-refractivity contribution in [2.75, 3.05) is 0 Å². The summed E-state index contributed by atoms with van der Waals surface area (Å²) < 4.78 is 12.7. The van der Waals surface area contributed by atoms with Gasteiger partial charge < -0.3 is 14.8 Å². The van der Waals surface area contributed by atoms with Crippen LogP contribution in [0.1, 0.15) is 87.9 Å². The fourth-order valence-electron chi connectivity index (χ4n) is 5.00. The van der Waals surface area contributed by atoms with E-state index in [1.165, 1.54) is 19.3 Å². The zero-order valence-electron chi connectivity index (χ0n) is 19.2. The molecule has 4 heteroatoms. The quantitative estimate of drug-likeness (QED) is 0.623. The molecule has 1 heterocycles. The highest BCUT2D eigenvalue weighted by Crippen LogP contribution is 2.46. The predicted octanol–water partition coefficient (Wildman–Crippen LogP) is 6.23. The second-order valence-electron chi connectivity index (χ2n) is 9.60. The van der Waals surface area contributed by atoms with Gasteiger partial charge >= 0.3 is 0 Å². The largest absolute Gasteiger partial charge is 0.487 e. The monoisotopic (exact) mass is 421 g/mol. The van der Waals surface area contributed by atoms with E-state index in [4.69, 9.17) is 9.47 Å². The number of fused-ring (bicyclic) bond motifs is 1. The Morgan fingerprint density at radius 3 is 2.58 bits per heavy atom. The lowest BCUT2D eigenvalue weighted by molar-refractivity contribution is -0.128. The number of ether oxygens (including phenoxy) is 2. The van der Waals surface area contributed by atoms with Crippen molar-refractivity contribution in [1.82, 2.24) is 5.32 Å². The first-order valence-corrected chi connectivity index (χ1v) is 11.7. The molecule has 31 heavy (non-hydrogen) atoms.